The van der Waals surface area contributed by atoms with Gasteiger partial charge in [0.25, 0.3) is 5.91 Å². The van der Waals surface area contributed by atoms with Gasteiger partial charge in [-0.15, -0.1) is 0 Å². The van der Waals surface area contributed by atoms with Crippen molar-refractivity contribution in [3.8, 4) is 5.88 Å². The number of ether oxygens (including phenoxy) is 1. The van der Waals surface area contributed by atoms with Crippen LogP contribution in [0.2, 0.25) is 0 Å². The fourth-order valence-electron chi connectivity index (χ4n) is 2.75. The Morgan fingerprint density at radius 1 is 1.19 bits per heavy atom. The SMILES string of the molecule is CS(=O)(=O)Nc1ccc(OC2CCN(C(=O)c3ccncc3)CC2)nc1. The molecular weight excluding hydrogens is 356 g/mol. The Bertz CT molecular complexity index is 848. The van der Waals surface area contributed by atoms with Crippen LogP contribution < -0.4 is 9.46 Å². The van der Waals surface area contributed by atoms with Crippen molar-refractivity contribution in [2.24, 2.45) is 0 Å². The van der Waals surface area contributed by atoms with E-state index in [1.807, 2.05) is 4.90 Å². The van der Waals surface area contributed by atoms with Gasteiger partial charge in [0.15, 0.2) is 0 Å². The highest BCUT2D eigenvalue weighted by atomic mass is 32.2. The number of pyridine rings is 2. The van der Waals surface area contributed by atoms with E-state index in [0.717, 1.165) is 6.26 Å². The molecule has 0 aliphatic carbocycles. The highest BCUT2D eigenvalue weighted by Crippen LogP contribution is 2.20. The summed E-state index contributed by atoms with van der Waals surface area (Å²) in [5.41, 5.74) is 1.02. The van der Waals surface area contributed by atoms with Crippen molar-refractivity contribution in [3.63, 3.8) is 0 Å². The van der Waals surface area contributed by atoms with Crippen LogP contribution in [-0.2, 0) is 10.0 Å². The molecule has 3 rings (SSSR count). The zero-order valence-corrected chi connectivity index (χ0v) is 15.1. The molecule has 1 aliphatic rings. The highest BCUT2D eigenvalue weighted by molar-refractivity contribution is 7.92. The molecule has 1 saturated heterocycles. The van der Waals surface area contributed by atoms with Gasteiger partial charge in [-0.25, -0.2) is 13.4 Å². The molecule has 0 saturated carbocycles. The molecule has 0 unspecified atom stereocenters. The van der Waals surface area contributed by atoms with Crippen LogP contribution in [-0.4, -0.2) is 54.6 Å². The Morgan fingerprint density at radius 3 is 2.46 bits per heavy atom. The molecule has 8 nitrogen and oxygen atoms in total. The summed E-state index contributed by atoms with van der Waals surface area (Å²) in [6, 6.07) is 6.65. The van der Waals surface area contributed by atoms with E-state index in [0.29, 0.717) is 43.1 Å². The van der Waals surface area contributed by atoms with Gasteiger partial charge in [0.05, 0.1) is 18.1 Å². The number of likely N-dealkylation sites (tertiary alicyclic amines) is 1. The van der Waals surface area contributed by atoms with E-state index in [2.05, 4.69) is 14.7 Å². The van der Waals surface area contributed by atoms with E-state index in [1.165, 1.54) is 6.20 Å². The maximum atomic E-state index is 12.4. The summed E-state index contributed by atoms with van der Waals surface area (Å²) >= 11 is 0. The lowest BCUT2D eigenvalue weighted by molar-refractivity contribution is 0.0588. The predicted molar refractivity (Wildman–Crippen MR) is 96.5 cm³/mol. The Hall–Kier alpha value is -2.68. The Balaban J connectivity index is 1.52. The minimum atomic E-state index is -3.33. The highest BCUT2D eigenvalue weighted by Gasteiger charge is 2.24. The first-order valence-corrected chi connectivity index (χ1v) is 10.1. The molecule has 9 heteroatoms. The molecule has 0 bridgehead atoms. The van der Waals surface area contributed by atoms with Gasteiger partial charge >= 0.3 is 0 Å². The van der Waals surface area contributed by atoms with Gasteiger partial charge in [-0.3, -0.25) is 14.5 Å². The average Bonchev–Trinajstić information content (AvgIpc) is 2.63. The lowest BCUT2D eigenvalue weighted by Gasteiger charge is -2.32. The number of anilines is 1. The number of hydrogen-bond donors (Lipinski definition) is 1. The van der Waals surface area contributed by atoms with E-state index in [9.17, 15) is 13.2 Å². The van der Waals surface area contributed by atoms with Gasteiger partial charge < -0.3 is 9.64 Å². The van der Waals surface area contributed by atoms with E-state index in [-0.39, 0.29) is 12.0 Å². The van der Waals surface area contributed by atoms with Crippen LogP contribution >= 0.6 is 0 Å². The third-order valence-electron chi connectivity index (χ3n) is 3.98. The maximum absolute atomic E-state index is 12.4. The first kappa shape index (κ1) is 18.1. The molecule has 138 valence electrons. The van der Waals surface area contributed by atoms with Crippen LogP contribution in [0.25, 0.3) is 0 Å². The second-order valence-corrected chi connectivity index (χ2v) is 7.85. The van der Waals surface area contributed by atoms with Crippen molar-refractivity contribution >= 4 is 21.6 Å². The van der Waals surface area contributed by atoms with Gasteiger partial charge in [-0.1, -0.05) is 0 Å². The van der Waals surface area contributed by atoms with Crippen molar-refractivity contribution in [1.29, 1.82) is 0 Å². The number of rotatable bonds is 5. The summed E-state index contributed by atoms with van der Waals surface area (Å²) in [6.07, 6.45) is 7.10. The molecule has 2 aromatic rings. The number of hydrogen-bond acceptors (Lipinski definition) is 6. The predicted octanol–water partition coefficient (Wildman–Crippen LogP) is 1.53. The van der Waals surface area contributed by atoms with Crippen molar-refractivity contribution < 1.29 is 17.9 Å². The van der Waals surface area contributed by atoms with Crippen LogP contribution in [0.4, 0.5) is 5.69 Å². The molecule has 26 heavy (non-hydrogen) atoms. The molecule has 2 aromatic heterocycles. The molecule has 3 heterocycles. The standard InChI is InChI=1S/C17H20N4O4S/c1-26(23,24)20-14-2-3-16(19-12-14)25-15-6-10-21(11-7-15)17(22)13-4-8-18-9-5-13/h2-5,8-9,12,15,20H,6-7,10-11H2,1H3. The van der Waals surface area contributed by atoms with E-state index in [1.54, 1.807) is 36.7 Å². The molecular formula is C17H20N4O4S. The van der Waals surface area contributed by atoms with E-state index < -0.39 is 10.0 Å². The molecule has 1 aliphatic heterocycles. The third-order valence-corrected chi connectivity index (χ3v) is 4.59. The molecule has 0 radical (unpaired) electrons. The van der Waals surface area contributed by atoms with Crippen molar-refractivity contribution in [1.82, 2.24) is 14.9 Å². The molecule has 0 aromatic carbocycles. The van der Waals surface area contributed by atoms with Crippen LogP contribution in [0.1, 0.15) is 23.2 Å². The van der Waals surface area contributed by atoms with Crippen molar-refractivity contribution in [2.45, 2.75) is 18.9 Å². The number of sulfonamides is 1. The maximum Gasteiger partial charge on any atom is 0.253 e. The number of carbonyl (C=O) groups is 1. The van der Waals surface area contributed by atoms with Crippen molar-refractivity contribution in [3.05, 3.63) is 48.4 Å². The number of piperidine rings is 1. The lowest BCUT2D eigenvalue weighted by Crippen LogP contribution is -2.41. The minimum Gasteiger partial charge on any atom is -0.474 e. The molecule has 1 amide bonds. The fraction of sp³-hybridized carbons (Fsp3) is 0.353. The fourth-order valence-corrected chi connectivity index (χ4v) is 3.30. The number of nitrogens with one attached hydrogen (secondary N) is 1. The molecule has 0 spiro atoms. The average molecular weight is 376 g/mol. The van der Waals surface area contributed by atoms with Gasteiger partial charge in [0.2, 0.25) is 15.9 Å². The number of nitrogens with zero attached hydrogens (tertiary/aromatic N) is 3. The lowest BCUT2D eigenvalue weighted by atomic mass is 10.1. The molecule has 1 N–H and O–H groups in total. The second kappa shape index (κ2) is 7.69. The minimum absolute atomic E-state index is 0.000164. The van der Waals surface area contributed by atoms with Gasteiger partial charge in [-0.2, -0.15) is 0 Å². The van der Waals surface area contributed by atoms with Crippen LogP contribution in [0.3, 0.4) is 0 Å². The quantitative estimate of drug-likeness (QED) is 0.849. The summed E-state index contributed by atoms with van der Waals surface area (Å²) in [5, 5.41) is 0. The topological polar surface area (TPSA) is 101 Å². The summed E-state index contributed by atoms with van der Waals surface area (Å²) in [6.45, 7) is 1.22. The Morgan fingerprint density at radius 2 is 1.88 bits per heavy atom. The zero-order valence-electron chi connectivity index (χ0n) is 14.3. The summed E-state index contributed by atoms with van der Waals surface area (Å²) < 4.78 is 30.6. The Labute approximate surface area is 152 Å². The zero-order chi connectivity index (χ0) is 18.6. The van der Waals surface area contributed by atoms with Crippen LogP contribution in [0.5, 0.6) is 5.88 Å². The summed E-state index contributed by atoms with van der Waals surface area (Å²) in [5.74, 6) is 0.433. The second-order valence-electron chi connectivity index (χ2n) is 6.10. The Kier molecular flexibility index (Phi) is 5.36. The first-order chi connectivity index (χ1) is 12.4. The van der Waals surface area contributed by atoms with E-state index >= 15 is 0 Å². The summed E-state index contributed by atoms with van der Waals surface area (Å²) in [4.78, 5) is 22.3. The van der Waals surface area contributed by atoms with E-state index in [4.69, 9.17) is 4.74 Å². The van der Waals surface area contributed by atoms with Crippen LogP contribution in [0.15, 0.2) is 42.9 Å². The molecule has 0 atom stereocenters. The normalized spacial score (nSPS) is 15.5. The first-order valence-electron chi connectivity index (χ1n) is 8.20. The third kappa shape index (κ3) is 4.92. The van der Waals surface area contributed by atoms with Gasteiger partial charge in [0, 0.05) is 50.0 Å². The number of aromatic nitrogens is 2. The summed E-state index contributed by atoms with van der Waals surface area (Å²) in [7, 11) is -3.33. The van der Waals surface area contributed by atoms with Crippen molar-refractivity contribution in [2.75, 3.05) is 24.1 Å². The number of carbonyl (C=O) groups excluding carboxylic acids is 1. The van der Waals surface area contributed by atoms with Gasteiger partial charge in [-0.05, 0) is 18.2 Å². The number of amides is 1. The monoisotopic (exact) mass is 376 g/mol. The van der Waals surface area contributed by atoms with Crippen LogP contribution in [0, 0.1) is 0 Å². The molecule has 1 fully saturated rings. The smallest absolute Gasteiger partial charge is 0.253 e. The van der Waals surface area contributed by atoms with Gasteiger partial charge in [0.1, 0.15) is 6.10 Å². The largest absolute Gasteiger partial charge is 0.474 e.